The summed E-state index contributed by atoms with van der Waals surface area (Å²) in [4.78, 5) is 32.3. The molecule has 1 aromatic rings. The molecule has 28 heavy (non-hydrogen) atoms. The number of hydrogen-bond acceptors (Lipinski definition) is 4. The number of amides is 3. The normalized spacial score (nSPS) is 29.0. The van der Waals surface area contributed by atoms with Gasteiger partial charge in [0.15, 0.2) is 0 Å². The van der Waals surface area contributed by atoms with Gasteiger partial charge in [0.25, 0.3) is 0 Å². The van der Waals surface area contributed by atoms with Gasteiger partial charge in [-0.15, -0.1) is 0 Å². The first kappa shape index (κ1) is 17.8. The molecule has 2 atom stereocenters. The lowest BCUT2D eigenvalue weighted by atomic mass is 9.57. The summed E-state index contributed by atoms with van der Waals surface area (Å²) < 4.78 is 18.5. The minimum Gasteiger partial charge on any atom is -0.366 e. The number of likely N-dealkylation sites (tertiary alicyclic amines) is 2. The largest absolute Gasteiger partial charge is 0.366 e. The van der Waals surface area contributed by atoms with Crippen LogP contribution in [0, 0.1) is 17.2 Å². The van der Waals surface area contributed by atoms with Gasteiger partial charge in [-0.1, -0.05) is 0 Å². The van der Waals surface area contributed by atoms with Crippen molar-refractivity contribution in [3.63, 3.8) is 0 Å². The fraction of sp³-hybridized carbons (Fsp3) is 0.650. The highest BCUT2D eigenvalue weighted by Gasteiger charge is 2.54. The third-order valence-electron chi connectivity index (χ3n) is 6.65. The van der Waals surface area contributed by atoms with E-state index in [0.717, 1.165) is 44.5 Å². The molecule has 4 heterocycles. The third kappa shape index (κ3) is 3.23. The Hall–Kier alpha value is -2.22. The number of urea groups is 1. The molecule has 0 unspecified atom stereocenters. The Labute approximate surface area is 163 Å². The topological polar surface area (TPSA) is 74.8 Å². The van der Waals surface area contributed by atoms with E-state index in [4.69, 9.17) is 4.74 Å². The summed E-state index contributed by atoms with van der Waals surface area (Å²) in [7, 11) is 0. The summed E-state index contributed by atoms with van der Waals surface area (Å²) in [6, 6.07) is 3.20. The molecule has 1 aliphatic carbocycles. The number of ether oxygens (including phenoxy) is 1. The SMILES string of the molecule is O=C1CO[C@H]2CCN(C(=O)N3CC4(CC(Cc5ccc(F)cn5)C4)C3)C[C@H]2N1. The lowest BCUT2D eigenvalue weighted by Gasteiger charge is -2.60. The summed E-state index contributed by atoms with van der Waals surface area (Å²) >= 11 is 0. The zero-order chi connectivity index (χ0) is 19.3. The number of piperidine rings is 1. The standard InChI is InChI=1S/C20H25FN4O3/c21-14-1-2-15(22-8-14)5-13-6-20(7-13)11-25(12-20)19(27)24-4-3-17-16(9-24)23-18(26)10-28-17/h1-2,8,13,16-17H,3-7,9-12H2,(H,23,26)/t16-,17+/m1/s1. The van der Waals surface area contributed by atoms with Gasteiger partial charge in [-0.05, 0) is 43.7 Å². The first-order chi connectivity index (χ1) is 13.5. The first-order valence-electron chi connectivity index (χ1n) is 10.0. The van der Waals surface area contributed by atoms with Gasteiger partial charge in [-0.25, -0.2) is 9.18 Å². The highest BCUT2D eigenvalue weighted by Crippen LogP contribution is 2.53. The van der Waals surface area contributed by atoms with E-state index in [9.17, 15) is 14.0 Å². The number of carbonyl (C=O) groups is 2. The van der Waals surface area contributed by atoms with Crippen LogP contribution in [0.25, 0.3) is 0 Å². The number of nitrogens with one attached hydrogen (secondary N) is 1. The Morgan fingerprint density at radius 2 is 2.14 bits per heavy atom. The van der Waals surface area contributed by atoms with Crippen LogP contribution in [-0.4, -0.2) is 71.7 Å². The predicted molar refractivity (Wildman–Crippen MR) is 97.9 cm³/mol. The maximum absolute atomic E-state index is 13.0. The summed E-state index contributed by atoms with van der Waals surface area (Å²) in [5, 5.41) is 2.94. The number of nitrogens with zero attached hydrogens (tertiary/aromatic N) is 3. The number of carbonyl (C=O) groups excluding carboxylic acids is 2. The molecule has 8 heteroatoms. The number of aromatic nitrogens is 1. The molecular formula is C20H25FN4O3. The monoisotopic (exact) mass is 388 g/mol. The maximum Gasteiger partial charge on any atom is 0.320 e. The van der Waals surface area contributed by atoms with E-state index in [0.29, 0.717) is 19.0 Å². The van der Waals surface area contributed by atoms with E-state index in [1.165, 1.54) is 12.3 Å². The van der Waals surface area contributed by atoms with Gasteiger partial charge >= 0.3 is 6.03 Å². The van der Waals surface area contributed by atoms with Crippen LogP contribution in [-0.2, 0) is 16.0 Å². The summed E-state index contributed by atoms with van der Waals surface area (Å²) in [5.74, 6) is 0.167. The molecular weight excluding hydrogens is 363 g/mol. The average molecular weight is 388 g/mol. The van der Waals surface area contributed by atoms with E-state index in [1.807, 2.05) is 9.80 Å². The molecule has 5 rings (SSSR count). The lowest BCUT2D eigenvalue weighted by molar-refractivity contribution is -0.140. The van der Waals surface area contributed by atoms with Crippen LogP contribution in [0.1, 0.15) is 25.0 Å². The van der Waals surface area contributed by atoms with Gasteiger partial charge in [-0.2, -0.15) is 0 Å². The summed E-state index contributed by atoms with van der Waals surface area (Å²) in [6.45, 7) is 2.95. The van der Waals surface area contributed by atoms with Crippen LogP contribution in [0.2, 0.25) is 0 Å². The molecule has 1 aromatic heterocycles. The number of morpholine rings is 1. The highest BCUT2D eigenvalue weighted by molar-refractivity contribution is 5.79. The molecule has 3 amide bonds. The molecule has 1 saturated carbocycles. The van der Waals surface area contributed by atoms with Crippen LogP contribution < -0.4 is 5.32 Å². The molecule has 0 bridgehead atoms. The number of pyridine rings is 1. The van der Waals surface area contributed by atoms with Gasteiger partial charge in [0.1, 0.15) is 12.4 Å². The summed E-state index contributed by atoms with van der Waals surface area (Å²) in [6.07, 6.45) is 5.15. The molecule has 150 valence electrons. The Bertz CT molecular complexity index is 772. The van der Waals surface area contributed by atoms with Gasteiger partial charge < -0.3 is 19.9 Å². The van der Waals surface area contributed by atoms with Crippen molar-refractivity contribution in [2.24, 2.45) is 11.3 Å². The Morgan fingerprint density at radius 1 is 1.32 bits per heavy atom. The molecule has 1 spiro atoms. The van der Waals surface area contributed by atoms with E-state index >= 15 is 0 Å². The van der Waals surface area contributed by atoms with Crippen molar-refractivity contribution >= 4 is 11.9 Å². The van der Waals surface area contributed by atoms with Crippen molar-refractivity contribution in [2.45, 2.75) is 37.8 Å². The Kier molecular flexibility index (Phi) is 4.26. The fourth-order valence-electron chi connectivity index (χ4n) is 5.36. The molecule has 1 N–H and O–H groups in total. The smallest absolute Gasteiger partial charge is 0.320 e. The zero-order valence-electron chi connectivity index (χ0n) is 15.8. The van der Waals surface area contributed by atoms with Crippen molar-refractivity contribution < 1.29 is 18.7 Å². The number of rotatable bonds is 2. The second kappa shape index (κ2) is 6.69. The molecule has 7 nitrogen and oxygen atoms in total. The maximum atomic E-state index is 13.0. The second-order valence-corrected chi connectivity index (χ2v) is 8.84. The third-order valence-corrected chi connectivity index (χ3v) is 6.65. The lowest BCUT2D eigenvalue weighted by Crippen LogP contribution is -2.68. The van der Waals surface area contributed by atoms with Crippen molar-refractivity contribution in [3.8, 4) is 0 Å². The van der Waals surface area contributed by atoms with Crippen LogP contribution in [0.3, 0.4) is 0 Å². The number of fused-ring (bicyclic) bond motifs is 1. The van der Waals surface area contributed by atoms with Crippen LogP contribution in [0.5, 0.6) is 0 Å². The van der Waals surface area contributed by atoms with Crippen molar-refractivity contribution in [2.75, 3.05) is 32.8 Å². The van der Waals surface area contributed by atoms with Crippen molar-refractivity contribution in [1.82, 2.24) is 20.1 Å². The van der Waals surface area contributed by atoms with E-state index < -0.39 is 0 Å². The van der Waals surface area contributed by atoms with Crippen molar-refractivity contribution in [3.05, 3.63) is 29.8 Å². The van der Waals surface area contributed by atoms with E-state index in [2.05, 4.69) is 10.3 Å². The van der Waals surface area contributed by atoms with Crippen LogP contribution >= 0.6 is 0 Å². The minimum atomic E-state index is -0.301. The molecule has 3 saturated heterocycles. The fourth-order valence-corrected chi connectivity index (χ4v) is 5.36. The second-order valence-electron chi connectivity index (χ2n) is 8.84. The van der Waals surface area contributed by atoms with Crippen LogP contribution in [0.15, 0.2) is 18.3 Å². The Morgan fingerprint density at radius 3 is 2.89 bits per heavy atom. The van der Waals surface area contributed by atoms with Gasteiger partial charge in [0.05, 0.1) is 18.3 Å². The van der Waals surface area contributed by atoms with Gasteiger partial charge in [-0.3, -0.25) is 9.78 Å². The summed E-state index contributed by atoms with van der Waals surface area (Å²) in [5.41, 5.74) is 1.20. The van der Waals surface area contributed by atoms with Crippen molar-refractivity contribution in [1.29, 1.82) is 0 Å². The molecule has 4 fully saturated rings. The van der Waals surface area contributed by atoms with Gasteiger partial charge in [0, 0.05) is 37.3 Å². The molecule has 4 aliphatic rings. The minimum absolute atomic E-state index is 0.0249. The first-order valence-corrected chi connectivity index (χ1v) is 10.0. The van der Waals surface area contributed by atoms with Gasteiger partial charge in [0.2, 0.25) is 5.91 Å². The molecule has 3 aliphatic heterocycles. The zero-order valence-corrected chi connectivity index (χ0v) is 15.8. The quantitative estimate of drug-likeness (QED) is 0.826. The molecule has 0 radical (unpaired) electrons. The van der Waals surface area contributed by atoms with Crippen LogP contribution in [0.4, 0.5) is 9.18 Å². The highest BCUT2D eigenvalue weighted by atomic mass is 19.1. The Balaban J connectivity index is 1.09. The molecule has 0 aromatic carbocycles. The predicted octanol–water partition coefficient (Wildman–Crippen LogP) is 1.18. The van der Waals surface area contributed by atoms with E-state index in [1.54, 1.807) is 6.07 Å². The number of halogens is 1. The van der Waals surface area contributed by atoms with E-state index in [-0.39, 0.29) is 41.9 Å². The average Bonchev–Trinajstić information content (AvgIpc) is 2.63. The number of hydrogen-bond donors (Lipinski definition) is 1.